The average Bonchev–Trinajstić information content (AvgIpc) is 2.62. The first kappa shape index (κ1) is 19.7. The van der Waals surface area contributed by atoms with E-state index in [2.05, 4.69) is 34.1 Å². The van der Waals surface area contributed by atoms with E-state index in [1.165, 1.54) is 0 Å². The minimum Gasteiger partial charge on any atom is -0.396 e. The van der Waals surface area contributed by atoms with Crippen LogP contribution in [0.4, 0.5) is 5.69 Å². The Hall–Kier alpha value is -1.59. The quantitative estimate of drug-likeness (QED) is 0.821. The van der Waals surface area contributed by atoms with Gasteiger partial charge in [-0.05, 0) is 56.3 Å². The number of aliphatic hydroxyl groups is 1. The topological polar surface area (TPSA) is 47.0 Å². The van der Waals surface area contributed by atoms with Crippen LogP contribution < -0.4 is 4.90 Å². The number of hydrogen-bond donors (Lipinski definition) is 1. The molecule has 25 heavy (non-hydrogen) atoms. The zero-order valence-electron chi connectivity index (χ0n) is 16.1. The van der Waals surface area contributed by atoms with Crippen LogP contribution in [-0.4, -0.2) is 68.2 Å². The lowest BCUT2D eigenvalue weighted by Crippen LogP contribution is -2.42. The van der Waals surface area contributed by atoms with E-state index in [-0.39, 0.29) is 5.91 Å². The van der Waals surface area contributed by atoms with Crippen LogP contribution >= 0.6 is 0 Å². The second kappa shape index (κ2) is 9.20. The lowest BCUT2D eigenvalue weighted by Gasteiger charge is -2.34. The van der Waals surface area contributed by atoms with Crippen LogP contribution in [0.25, 0.3) is 0 Å². The van der Waals surface area contributed by atoms with E-state index in [0.717, 1.165) is 36.9 Å². The Balaban J connectivity index is 1.81. The molecule has 1 aliphatic rings. The largest absolute Gasteiger partial charge is 0.396 e. The minimum absolute atomic E-state index is 0.156. The van der Waals surface area contributed by atoms with Crippen molar-refractivity contribution in [2.75, 3.05) is 46.2 Å². The Kier molecular flexibility index (Phi) is 7.26. The molecule has 1 fully saturated rings. The van der Waals surface area contributed by atoms with Crippen molar-refractivity contribution >= 4 is 11.6 Å². The maximum atomic E-state index is 12.5. The van der Waals surface area contributed by atoms with E-state index in [1.54, 1.807) is 4.90 Å². The first-order valence-corrected chi connectivity index (χ1v) is 9.22. The molecule has 0 heterocycles. The summed E-state index contributed by atoms with van der Waals surface area (Å²) in [5, 5.41) is 9.24. The van der Waals surface area contributed by atoms with Gasteiger partial charge in [0.15, 0.2) is 0 Å². The van der Waals surface area contributed by atoms with Crippen molar-refractivity contribution in [3.8, 4) is 0 Å². The highest BCUT2D eigenvalue weighted by molar-refractivity contribution is 5.78. The third-order valence-electron chi connectivity index (χ3n) is 5.38. The third-order valence-corrected chi connectivity index (χ3v) is 5.38. The van der Waals surface area contributed by atoms with Crippen molar-refractivity contribution in [2.24, 2.45) is 5.92 Å². The molecule has 1 aromatic rings. The highest BCUT2D eigenvalue weighted by Crippen LogP contribution is 2.26. The smallest absolute Gasteiger partial charge is 0.236 e. The van der Waals surface area contributed by atoms with Crippen molar-refractivity contribution in [2.45, 2.75) is 38.3 Å². The third kappa shape index (κ3) is 5.72. The first-order chi connectivity index (χ1) is 11.9. The number of anilines is 1. The SMILES string of the molecule is CN(Cc1ccc(N(C)C)cc1)C(=O)CN(C)C1CCC(CO)CC1. The van der Waals surface area contributed by atoms with Gasteiger partial charge in [0.05, 0.1) is 6.54 Å². The van der Waals surface area contributed by atoms with Crippen molar-refractivity contribution in [1.29, 1.82) is 0 Å². The van der Waals surface area contributed by atoms with Crippen LogP contribution in [0.2, 0.25) is 0 Å². The monoisotopic (exact) mass is 347 g/mol. The van der Waals surface area contributed by atoms with Crippen LogP contribution in [0, 0.1) is 5.92 Å². The molecule has 1 saturated carbocycles. The molecule has 5 heteroatoms. The molecule has 2 rings (SSSR count). The van der Waals surface area contributed by atoms with E-state index in [9.17, 15) is 9.90 Å². The molecule has 0 unspecified atom stereocenters. The maximum absolute atomic E-state index is 12.5. The second-order valence-corrected chi connectivity index (χ2v) is 7.58. The number of hydrogen-bond acceptors (Lipinski definition) is 4. The highest BCUT2D eigenvalue weighted by Gasteiger charge is 2.25. The number of carbonyl (C=O) groups excluding carboxylic acids is 1. The molecule has 140 valence electrons. The molecule has 5 nitrogen and oxygen atoms in total. The Bertz CT molecular complexity index is 536. The van der Waals surface area contributed by atoms with Gasteiger partial charge in [0.1, 0.15) is 0 Å². The molecule has 0 bridgehead atoms. The molecule has 0 aromatic heterocycles. The van der Waals surface area contributed by atoms with Crippen LogP contribution in [0.1, 0.15) is 31.2 Å². The average molecular weight is 348 g/mol. The number of benzene rings is 1. The zero-order valence-corrected chi connectivity index (χ0v) is 16.1. The molecule has 0 radical (unpaired) electrons. The fourth-order valence-electron chi connectivity index (χ4n) is 3.49. The standard InChI is InChI=1S/C20H33N3O2/c1-21(2)18-9-5-16(6-10-18)13-23(4)20(25)14-22(3)19-11-7-17(15-24)8-12-19/h5-6,9-10,17,19,24H,7-8,11-15H2,1-4H3. The van der Waals surface area contributed by atoms with Gasteiger partial charge in [-0.15, -0.1) is 0 Å². The number of nitrogens with zero attached hydrogens (tertiary/aromatic N) is 3. The van der Waals surface area contributed by atoms with Gasteiger partial charge >= 0.3 is 0 Å². The van der Waals surface area contributed by atoms with Gasteiger partial charge in [-0.1, -0.05) is 12.1 Å². The predicted molar refractivity (Wildman–Crippen MR) is 103 cm³/mol. The molecule has 0 aliphatic heterocycles. The summed E-state index contributed by atoms with van der Waals surface area (Å²) < 4.78 is 0. The van der Waals surface area contributed by atoms with E-state index < -0.39 is 0 Å². The van der Waals surface area contributed by atoms with E-state index in [1.807, 2.05) is 28.2 Å². The van der Waals surface area contributed by atoms with Gasteiger partial charge in [0, 0.05) is 46.0 Å². The number of carbonyl (C=O) groups is 1. The van der Waals surface area contributed by atoms with Gasteiger partial charge in [-0.3, -0.25) is 9.69 Å². The van der Waals surface area contributed by atoms with E-state index in [0.29, 0.717) is 31.7 Å². The Morgan fingerprint density at radius 1 is 1.04 bits per heavy atom. The number of rotatable bonds is 7. The number of amides is 1. The summed E-state index contributed by atoms with van der Waals surface area (Å²) in [6.07, 6.45) is 4.27. The molecule has 1 aliphatic carbocycles. The molecule has 0 spiro atoms. The summed E-state index contributed by atoms with van der Waals surface area (Å²) in [5.41, 5.74) is 2.31. The summed E-state index contributed by atoms with van der Waals surface area (Å²) in [4.78, 5) is 18.6. The second-order valence-electron chi connectivity index (χ2n) is 7.58. The predicted octanol–water partition coefficient (Wildman–Crippen LogP) is 2.19. The van der Waals surface area contributed by atoms with Gasteiger partial charge in [-0.2, -0.15) is 0 Å². The van der Waals surface area contributed by atoms with Gasteiger partial charge in [0.2, 0.25) is 5.91 Å². The van der Waals surface area contributed by atoms with Crippen LogP contribution in [0.15, 0.2) is 24.3 Å². The number of aliphatic hydroxyl groups excluding tert-OH is 1. The molecular weight excluding hydrogens is 314 g/mol. The van der Waals surface area contributed by atoms with Crippen LogP contribution in [0.3, 0.4) is 0 Å². The molecule has 0 atom stereocenters. The highest BCUT2D eigenvalue weighted by atomic mass is 16.3. The van der Waals surface area contributed by atoms with Crippen molar-refractivity contribution in [3.63, 3.8) is 0 Å². The summed E-state index contributed by atoms with van der Waals surface area (Å²) in [6, 6.07) is 8.79. The summed E-state index contributed by atoms with van der Waals surface area (Å²) in [5.74, 6) is 0.608. The van der Waals surface area contributed by atoms with Crippen molar-refractivity contribution in [3.05, 3.63) is 29.8 Å². The van der Waals surface area contributed by atoms with Gasteiger partial charge in [-0.25, -0.2) is 0 Å². The van der Waals surface area contributed by atoms with Gasteiger partial charge in [0.25, 0.3) is 0 Å². The van der Waals surface area contributed by atoms with Crippen molar-refractivity contribution in [1.82, 2.24) is 9.80 Å². The van der Waals surface area contributed by atoms with Crippen molar-refractivity contribution < 1.29 is 9.90 Å². The maximum Gasteiger partial charge on any atom is 0.236 e. The molecule has 1 N–H and O–H groups in total. The fraction of sp³-hybridized carbons (Fsp3) is 0.650. The minimum atomic E-state index is 0.156. The Morgan fingerprint density at radius 2 is 1.64 bits per heavy atom. The van der Waals surface area contributed by atoms with Gasteiger partial charge < -0.3 is 14.9 Å². The Labute approximate surface area is 152 Å². The number of likely N-dealkylation sites (N-methyl/N-ethyl adjacent to an activating group) is 2. The zero-order chi connectivity index (χ0) is 18.4. The molecule has 1 aromatic carbocycles. The lowest BCUT2D eigenvalue weighted by atomic mass is 9.86. The normalized spacial score (nSPS) is 20.6. The Morgan fingerprint density at radius 3 is 2.16 bits per heavy atom. The molecular formula is C20H33N3O2. The first-order valence-electron chi connectivity index (χ1n) is 9.22. The van der Waals surface area contributed by atoms with Crippen LogP contribution in [-0.2, 0) is 11.3 Å². The molecule has 0 saturated heterocycles. The van der Waals surface area contributed by atoms with E-state index >= 15 is 0 Å². The lowest BCUT2D eigenvalue weighted by molar-refractivity contribution is -0.132. The molecule has 1 amide bonds. The summed E-state index contributed by atoms with van der Waals surface area (Å²) >= 11 is 0. The summed E-state index contributed by atoms with van der Waals surface area (Å²) in [6.45, 7) is 1.39. The van der Waals surface area contributed by atoms with E-state index in [4.69, 9.17) is 0 Å². The summed E-state index contributed by atoms with van der Waals surface area (Å²) in [7, 11) is 7.96. The van der Waals surface area contributed by atoms with Crippen LogP contribution in [0.5, 0.6) is 0 Å². The fourth-order valence-corrected chi connectivity index (χ4v) is 3.49.